The van der Waals surface area contributed by atoms with Crippen LogP contribution >= 0.6 is 0 Å². The third kappa shape index (κ3) is 3.60. The number of allylic oxidation sites excluding steroid dienone is 2. The van der Waals surface area contributed by atoms with Crippen LogP contribution in [0, 0.1) is 11.2 Å². The van der Waals surface area contributed by atoms with Crippen LogP contribution in [0.15, 0.2) is 66.1 Å². The lowest BCUT2D eigenvalue weighted by atomic mass is 9.73. The van der Waals surface area contributed by atoms with Crippen molar-refractivity contribution in [2.24, 2.45) is 5.41 Å². The van der Waals surface area contributed by atoms with Crippen molar-refractivity contribution in [2.75, 3.05) is 5.32 Å². The van der Waals surface area contributed by atoms with E-state index in [1.165, 1.54) is 12.4 Å². The van der Waals surface area contributed by atoms with Crippen molar-refractivity contribution in [3.8, 4) is 5.75 Å². The van der Waals surface area contributed by atoms with E-state index in [-0.39, 0.29) is 29.7 Å². The number of carbonyl (C=O) groups excluding carboxylic acids is 1. The fraction of sp³-hybridized carbons (Fsp3) is 0.292. The largest absolute Gasteiger partial charge is 0.489 e. The van der Waals surface area contributed by atoms with Crippen molar-refractivity contribution in [1.82, 2.24) is 14.8 Å². The summed E-state index contributed by atoms with van der Waals surface area (Å²) in [4.78, 5) is 17.4. The molecule has 0 saturated heterocycles. The number of rotatable bonds is 4. The summed E-state index contributed by atoms with van der Waals surface area (Å²) >= 11 is 0. The fourth-order valence-electron chi connectivity index (χ4n) is 4.38. The molecule has 3 aromatic rings. The summed E-state index contributed by atoms with van der Waals surface area (Å²) in [5, 5.41) is 7.68. The lowest BCUT2D eigenvalue weighted by Crippen LogP contribution is -2.36. The smallest absolute Gasteiger partial charge is 0.226 e. The SMILES string of the molecule is CC1(C)CC(=O)C2=C(C1)Nc1ncnn1C2c1ccc(OCc2ccccc2F)cc1. The van der Waals surface area contributed by atoms with Crippen LogP contribution in [0.3, 0.4) is 0 Å². The second kappa shape index (κ2) is 7.34. The van der Waals surface area contributed by atoms with E-state index in [2.05, 4.69) is 29.2 Å². The van der Waals surface area contributed by atoms with Gasteiger partial charge in [-0.15, -0.1) is 0 Å². The average molecular weight is 418 g/mol. The molecule has 0 saturated carbocycles. The van der Waals surface area contributed by atoms with Crippen molar-refractivity contribution >= 4 is 11.7 Å². The number of ketones is 1. The number of nitrogens with one attached hydrogen (secondary N) is 1. The summed E-state index contributed by atoms with van der Waals surface area (Å²) in [6.45, 7) is 4.36. The Balaban J connectivity index is 1.44. The molecule has 158 valence electrons. The Morgan fingerprint density at radius 1 is 1.16 bits per heavy atom. The molecular weight excluding hydrogens is 395 g/mol. The van der Waals surface area contributed by atoms with E-state index in [1.54, 1.807) is 22.9 Å². The molecule has 0 radical (unpaired) electrons. The number of aromatic nitrogens is 3. The van der Waals surface area contributed by atoms with Crippen LogP contribution in [0.25, 0.3) is 0 Å². The molecule has 1 aliphatic carbocycles. The quantitative estimate of drug-likeness (QED) is 0.668. The van der Waals surface area contributed by atoms with Crippen molar-refractivity contribution in [2.45, 2.75) is 39.3 Å². The molecule has 7 heteroatoms. The van der Waals surface area contributed by atoms with Crippen LogP contribution in [0.2, 0.25) is 0 Å². The Morgan fingerprint density at radius 3 is 2.71 bits per heavy atom. The first-order chi connectivity index (χ1) is 14.9. The Kier molecular flexibility index (Phi) is 4.61. The highest BCUT2D eigenvalue weighted by atomic mass is 19.1. The van der Waals surface area contributed by atoms with Crippen molar-refractivity contribution < 1.29 is 13.9 Å². The summed E-state index contributed by atoms with van der Waals surface area (Å²) in [5.74, 6) is 1.11. The van der Waals surface area contributed by atoms with Crippen LogP contribution < -0.4 is 10.1 Å². The van der Waals surface area contributed by atoms with Gasteiger partial charge in [0, 0.05) is 23.3 Å². The zero-order valence-corrected chi connectivity index (χ0v) is 17.4. The van der Waals surface area contributed by atoms with Gasteiger partial charge in [-0.2, -0.15) is 10.1 Å². The van der Waals surface area contributed by atoms with E-state index in [9.17, 15) is 9.18 Å². The van der Waals surface area contributed by atoms with Gasteiger partial charge in [-0.1, -0.05) is 44.2 Å². The van der Waals surface area contributed by atoms with E-state index < -0.39 is 0 Å². The van der Waals surface area contributed by atoms with Crippen LogP contribution in [0.4, 0.5) is 10.3 Å². The maximum Gasteiger partial charge on any atom is 0.226 e. The van der Waals surface area contributed by atoms with Gasteiger partial charge in [0.1, 0.15) is 30.5 Å². The third-order valence-corrected chi connectivity index (χ3v) is 5.82. The molecule has 1 aliphatic heterocycles. The normalized spacial score (nSPS) is 19.5. The number of ether oxygens (including phenoxy) is 1. The van der Waals surface area contributed by atoms with Crippen LogP contribution in [0.5, 0.6) is 5.75 Å². The fourth-order valence-corrected chi connectivity index (χ4v) is 4.38. The Bertz CT molecular complexity index is 1180. The van der Waals surface area contributed by atoms with E-state index in [1.807, 2.05) is 24.3 Å². The van der Waals surface area contributed by atoms with Crippen molar-refractivity contribution in [3.05, 3.63) is 83.1 Å². The second-order valence-corrected chi connectivity index (χ2v) is 8.84. The third-order valence-electron chi connectivity index (χ3n) is 5.82. The zero-order chi connectivity index (χ0) is 21.6. The number of benzene rings is 2. The summed E-state index contributed by atoms with van der Waals surface area (Å²) in [7, 11) is 0. The average Bonchev–Trinajstić information content (AvgIpc) is 3.19. The molecule has 0 spiro atoms. The van der Waals surface area contributed by atoms with E-state index in [0.717, 1.165) is 23.3 Å². The number of hydrogen-bond acceptors (Lipinski definition) is 5. The van der Waals surface area contributed by atoms with Gasteiger partial charge in [0.2, 0.25) is 5.95 Å². The lowest BCUT2D eigenvalue weighted by molar-refractivity contribution is -0.118. The van der Waals surface area contributed by atoms with Gasteiger partial charge < -0.3 is 10.1 Å². The Hall–Kier alpha value is -3.48. The minimum absolute atomic E-state index is 0.0972. The highest BCUT2D eigenvalue weighted by Gasteiger charge is 2.41. The molecule has 6 nitrogen and oxygen atoms in total. The van der Waals surface area contributed by atoms with Gasteiger partial charge in [-0.3, -0.25) is 4.79 Å². The van der Waals surface area contributed by atoms with E-state index >= 15 is 0 Å². The highest BCUT2D eigenvalue weighted by Crippen LogP contribution is 2.45. The number of fused-ring (bicyclic) bond motifs is 1. The molecule has 1 unspecified atom stereocenters. The number of halogens is 1. The molecule has 5 rings (SSSR count). The summed E-state index contributed by atoms with van der Waals surface area (Å²) in [6.07, 6.45) is 2.77. The molecule has 2 aromatic carbocycles. The molecule has 1 atom stereocenters. The van der Waals surface area contributed by atoms with Crippen molar-refractivity contribution in [3.63, 3.8) is 0 Å². The minimum atomic E-state index is -0.335. The van der Waals surface area contributed by atoms with Gasteiger partial charge in [-0.05, 0) is 35.6 Å². The molecule has 0 fully saturated rings. The summed E-state index contributed by atoms with van der Waals surface area (Å²) < 4.78 is 21.3. The van der Waals surface area contributed by atoms with Crippen LogP contribution in [-0.4, -0.2) is 20.5 Å². The van der Waals surface area contributed by atoms with E-state index in [0.29, 0.717) is 23.7 Å². The van der Waals surface area contributed by atoms with Crippen molar-refractivity contribution in [1.29, 1.82) is 0 Å². The van der Waals surface area contributed by atoms with Gasteiger partial charge >= 0.3 is 0 Å². The molecule has 1 N–H and O–H groups in total. The predicted octanol–water partition coefficient (Wildman–Crippen LogP) is 4.65. The van der Waals surface area contributed by atoms with Gasteiger partial charge in [-0.25, -0.2) is 9.07 Å². The maximum absolute atomic E-state index is 13.8. The maximum atomic E-state index is 13.8. The monoisotopic (exact) mass is 418 g/mol. The summed E-state index contributed by atoms with van der Waals surface area (Å²) in [5.41, 5.74) is 3.00. The first-order valence-corrected chi connectivity index (χ1v) is 10.3. The van der Waals surface area contributed by atoms with Crippen LogP contribution in [0.1, 0.15) is 43.9 Å². The van der Waals surface area contributed by atoms with Gasteiger partial charge in [0.15, 0.2) is 5.78 Å². The molecule has 31 heavy (non-hydrogen) atoms. The first kappa shape index (κ1) is 19.5. The zero-order valence-electron chi connectivity index (χ0n) is 17.4. The predicted molar refractivity (Wildman–Crippen MR) is 114 cm³/mol. The Labute approximate surface area is 179 Å². The number of nitrogens with zero attached hydrogens (tertiary/aromatic N) is 3. The molecule has 2 aliphatic rings. The molecule has 1 aromatic heterocycles. The van der Waals surface area contributed by atoms with E-state index in [4.69, 9.17) is 4.74 Å². The molecular formula is C24H23FN4O2. The van der Waals surface area contributed by atoms with Gasteiger partial charge in [0.25, 0.3) is 0 Å². The molecule has 2 heterocycles. The lowest BCUT2D eigenvalue weighted by Gasteiger charge is -2.38. The van der Waals surface area contributed by atoms with Crippen LogP contribution in [-0.2, 0) is 11.4 Å². The molecule has 0 bridgehead atoms. The number of carbonyl (C=O) groups is 1. The topological polar surface area (TPSA) is 69.0 Å². The summed E-state index contributed by atoms with van der Waals surface area (Å²) in [6, 6.07) is 13.8. The first-order valence-electron chi connectivity index (χ1n) is 10.3. The van der Waals surface area contributed by atoms with Gasteiger partial charge in [0.05, 0.1) is 0 Å². The molecule has 0 amide bonds. The Morgan fingerprint density at radius 2 is 1.94 bits per heavy atom. The minimum Gasteiger partial charge on any atom is -0.489 e. The standard InChI is InChI=1S/C24H23FN4O2/c1-24(2)11-19-21(20(30)12-24)22(29-23(28-19)26-14-27-29)15-7-9-17(10-8-15)31-13-16-5-3-4-6-18(16)25/h3-10,14,22H,11-13H2,1-2H3,(H,26,27,28). The number of hydrogen-bond donors (Lipinski definition) is 1. The number of Topliss-reactive ketones (excluding diaryl/α,β-unsaturated/α-hetero) is 1. The number of anilines is 1. The highest BCUT2D eigenvalue weighted by molar-refractivity contribution is 6.00. The second-order valence-electron chi connectivity index (χ2n) is 8.84.